The summed E-state index contributed by atoms with van der Waals surface area (Å²) in [5.74, 6) is 0.931. The van der Waals surface area contributed by atoms with Crippen LogP contribution in [-0.2, 0) is 0 Å². The molecular weight excluding hydrogens is 220 g/mol. The standard InChI is InChI=1S/C16H30N2/c1-13(2)9-10-18-12-16(17-11-14(18)3)15-7-5-4-6-8-15/h9,14-17H,4-8,10-12H2,1-3H3. The summed E-state index contributed by atoms with van der Waals surface area (Å²) in [6.45, 7) is 10.3. The number of nitrogens with zero attached hydrogens (tertiary/aromatic N) is 1. The minimum absolute atomic E-state index is 0.681. The maximum atomic E-state index is 3.79. The van der Waals surface area contributed by atoms with Crippen molar-refractivity contribution in [2.24, 2.45) is 5.92 Å². The number of nitrogens with one attached hydrogen (secondary N) is 1. The fraction of sp³-hybridized carbons (Fsp3) is 0.875. The fourth-order valence-electron chi connectivity index (χ4n) is 3.35. The summed E-state index contributed by atoms with van der Waals surface area (Å²) in [7, 11) is 0. The van der Waals surface area contributed by atoms with E-state index in [0.717, 1.165) is 25.0 Å². The van der Waals surface area contributed by atoms with Gasteiger partial charge in [-0.25, -0.2) is 0 Å². The molecule has 2 atom stereocenters. The summed E-state index contributed by atoms with van der Waals surface area (Å²) in [6, 6.07) is 1.42. The number of rotatable bonds is 3. The lowest BCUT2D eigenvalue weighted by Crippen LogP contribution is -2.57. The van der Waals surface area contributed by atoms with E-state index in [1.54, 1.807) is 0 Å². The van der Waals surface area contributed by atoms with Crippen LogP contribution in [0.25, 0.3) is 0 Å². The molecule has 0 aromatic rings. The molecule has 0 bridgehead atoms. The quantitative estimate of drug-likeness (QED) is 0.774. The molecule has 2 aliphatic rings. The van der Waals surface area contributed by atoms with Crippen molar-refractivity contribution in [3.05, 3.63) is 11.6 Å². The highest BCUT2D eigenvalue weighted by Crippen LogP contribution is 2.28. The molecule has 0 aromatic carbocycles. The molecule has 18 heavy (non-hydrogen) atoms. The van der Waals surface area contributed by atoms with Crippen LogP contribution >= 0.6 is 0 Å². The van der Waals surface area contributed by atoms with Gasteiger partial charge in [-0.3, -0.25) is 4.90 Å². The molecule has 1 aliphatic heterocycles. The van der Waals surface area contributed by atoms with E-state index in [2.05, 4.69) is 37.1 Å². The van der Waals surface area contributed by atoms with Gasteiger partial charge >= 0.3 is 0 Å². The van der Waals surface area contributed by atoms with Crippen LogP contribution in [-0.4, -0.2) is 36.6 Å². The third-order valence-electron chi connectivity index (χ3n) is 4.68. The molecule has 1 saturated heterocycles. The van der Waals surface area contributed by atoms with Gasteiger partial charge in [-0.15, -0.1) is 0 Å². The first-order valence-electron chi connectivity index (χ1n) is 7.77. The first kappa shape index (κ1) is 14.1. The van der Waals surface area contributed by atoms with E-state index in [1.807, 2.05) is 0 Å². The monoisotopic (exact) mass is 250 g/mol. The van der Waals surface area contributed by atoms with Gasteiger partial charge in [0.05, 0.1) is 0 Å². The molecule has 2 heteroatoms. The van der Waals surface area contributed by atoms with Crippen LogP contribution in [0.2, 0.25) is 0 Å². The van der Waals surface area contributed by atoms with Gasteiger partial charge in [-0.1, -0.05) is 30.9 Å². The lowest BCUT2D eigenvalue weighted by atomic mass is 9.82. The van der Waals surface area contributed by atoms with Gasteiger partial charge in [-0.2, -0.15) is 0 Å². The van der Waals surface area contributed by atoms with Crippen molar-refractivity contribution in [1.29, 1.82) is 0 Å². The molecule has 2 nitrogen and oxygen atoms in total. The lowest BCUT2D eigenvalue weighted by molar-refractivity contribution is 0.115. The first-order valence-corrected chi connectivity index (χ1v) is 7.77. The van der Waals surface area contributed by atoms with Crippen LogP contribution < -0.4 is 5.32 Å². The van der Waals surface area contributed by atoms with E-state index >= 15 is 0 Å². The van der Waals surface area contributed by atoms with E-state index < -0.39 is 0 Å². The van der Waals surface area contributed by atoms with Gasteiger partial charge in [0.25, 0.3) is 0 Å². The van der Waals surface area contributed by atoms with Gasteiger partial charge in [0.15, 0.2) is 0 Å². The smallest absolute Gasteiger partial charge is 0.0224 e. The molecule has 1 saturated carbocycles. The summed E-state index contributed by atoms with van der Waals surface area (Å²) >= 11 is 0. The van der Waals surface area contributed by atoms with E-state index in [9.17, 15) is 0 Å². The van der Waals surface area contributed by atoms with Crippen molar-refractivity contribution in [2.75, 3.05) is 19.6 Å². The predicted octanol–water partition coefficient (Wildman–Crippen LogP) is 3.20. The fourth-order valence-corrected chi connectivity index (χ4v) is 3.35. The molecular formula is C16H30N2. The zero-order chi connectivity index (χ0) is 13.0. The number of piperazine rings is 1. The Kier molecular flexibility index (Phi) is 5.25. The molecule has 0 spiro atoms. The van der Waals surface area contributed by atoms with E-state index in [4.69, 9.17) is 0 Å². The van der Waals surface area contributed by atoms with Crippen LogP contribution in [0, 0.1) is 5.92 Å². The van der Waals surface area contributed by atoms with E-state index in [1.165, 1.54) is 44.2 Å². The average Bonchev–Trinajstić information content (AvgIpc) is 2.38. The Bertz CT molecular complexity index is 275. The van der Waals surface area contributed by atoms with Crippen molar-refractivity contribution in [2.45, 2.75) is 65.0 Å². The second-order valence-electron chi connectivity index (χ2n) is 6.50. The van der Waals surface area contributed by atoms with Crippen molar-refractivity contribution in [3.63, 3.8) is 0 Å². The van der Waals surface area contributed by atoms with Crippen molar-refractivity contribution in [1.82, 2.24) is 10.2 Å². The maximum absolute atomic E-state index is 3.79. The molecule has 0 amide bonds. The third kappa shape index (κ3) is 3.83. The number of hydrogen-bond acceptors (Lipinski definition) is 2. The topological polar surface area (TPSA) is 15.3 Å². The summed E-state index contributed by atoms with van der Waals surface area (Å²) in [4.78, 5) is 2.66. The van der Waals surface area contributed by atoms with Gasteiger partial charge < -0.3 is 5.32 Å². The summed E-state index contributed by atoms with van der Waals surface area (Å²) in [6.07, 6.45) is 9.63. The number of allylic oxidation sites excluding steroid dienone is 1. The minimum atomic E-state index is 0.681. The molecule has 1 heterocycles. The predicted molar refractivity (Wildman–Crippen MR) is 78.8 cm³/mol. The van der Waals surface area contributed by atoms with E-state index in [-0.39, 0.29) is 0 Å². The van der Waals surface area contributed by atoms with Crippen LogP contribution in [0.5, 0.6) is 0 Å². The summed E-state index contributed by atoms with van der Waals surface area (Å²) < 4.78 is 0. The Morgan fingerprint density at radius 3 is 2.61 bits per heavy atom. The molecule has 2 rings (SSSR count). The molecule has 0 aromatic heterocycles. The molecule has 104 valence electrons. The lowest BCUT2D eigenvalue weighted by Gasteiger charge is -2.42. The highest BCUT2D eigenvalue weighted by Gasteiger charge is 2.30. The third-order valence-corrected chi connectivity index (χ3v) is 4.68. The molecule has 1 N–H and O–H groups in total. The first-order chi connectivity index (χ1) is 8.66. The van der Waals surface area contributed by atoms with Crippen LogP contribution in [0.15, 0.2) is 11.6 Å². The Morgan fingerprint density at radius 1 is 1.22 bits per heavy atom. The van der Waals surface area contributed by atoms with Crippen LogP contribution in [0.4, 0.5) is 0 Å². The summed E-state index contributed by atoms with van der Waals surface area (Å²) in [5, 5.41) is 3.79. The van der Waals surface area contributed by atoms with Gasteiger partial charge in [0, 0.05) is 31.7 Å². The zero-order valence-electron chi connectivity index (χ0n) is 12.4. The SMILES string of the molecule is CC(C)=CCN1CC(C2CCCCC2)NCC1C. The van der Waals surface area contributed by atoms with Gasteiger partial charge in [0.1, 0.15) is 0 Å². The average molecular weight is 250 g/mol. The molecule has 2 fully saturated rings. The maximum Gasteiger partial charge on any atom is 0.0224 e. The highest BCUT2D eigenvalue weighted by atomic mass is 15.2. The van der Waals surface area contributed by atoms with Crippen molar-refractivity contribution < 1.29 is 0 Å². The van der Waals surface area contributed by atoms with Crippen molar-refractivity contribution in [3.8, 4) is 0 Å². The van der Waals surface area contributed by atoms with Gasteiger partial charge in [-0.05, 0) is 39.5 Å². The Balaban J connectivity index is 1.88. The van der Waals surface area contributed by atoms with Crippen LogP contribution in [0.3, 0.4) is 0 Å². The Hall–Kier alpha value is -0.340. The second kappa shape index (κ2) is 6.72. The van der Waals surface area contributed by atoms with Gasteiger partial charge in [0.2, 0.25) is 0 Å². The molecule has 1 aliphatic carbocycles. The zero-order valence-corrected chi connectivity index (χ0v) is 12.4. The second-order valence-corrected chi connectivity index (χ2v) is 6.50. The Morgan fingerprint density at radius 2 is 1.94 bits per heavy atom. The minimum Gasteiger partial charge on any atom is -0.311 e. The normalized spacial score (nSPS) is 31.3. The largest absolute Gasteiger partial charge is 0.311 e. The summed E-state index contributed by atoms with van der Waals surface area (Å²) in [5.41, 5.74) is 1.44. The van der Waals surface area contributed by atoms with E-state index in [0.29, 0.717) is 6.04 Å². The Labute approximate surface area is 113 Å². The number of hydrogen-bond donors (Lipinski definition) is 1. The molecule has 2 unspecified atom stereocenters. The van der Waals surface area contributed by atoms with Crippen LogP contribution in [0.1, 0.15) is 52.9 Å². The highest BCUT2D eigenvalue weighted by molar-refractivity contribution is 4.98. The van der Waals surface area contributed by atoms with Crippen molar-refractivity contribution >= 4 is 0 Å². The molecule has 0 radical (unpaired) electrons.